The SMILES string of the molecule is Cc1ccc(CNC(=O)c2ccc(Cl)c(N)c2)s1. The topological polar surface area (TPSA) is 55.1 Å². The molecule has 18 heavy (non-hydrogen) atoms. The van der Waals surface area contributed by atoms with Crippen molar-refractivity contribution in [1.82, 2.24) is 5.32 Å². The molecule has 0 saturated carbocycles. The van der Waals surface area contributed by atoms with Crippen molar-refractivity contribution in [3.63, 3.8) is 0 Å². The number of nitrogen functional groups attached to an aromatic ring is 1. The fraction of sp³-hybridized carbons (Fsp3) is 0.154. The van der Waals surface area contributed by atoms with Crippen LogP contribution < -0.4 is 11.1 Å². The van der Waals surface area contributed by atoms with E-state index in [0.717, 1.165) is 4.88 Å². The zero-order chi connectivity index (χ0) is 13.1. The summed E-state index contributed by atoms with van der Waals surface area (Å²) in [5, 5.41) is 3.31. The number of rotatable bonds is 3. The van der Waals surface area contributed by atoms with Crippen LogP contribution in [0.4, 0.5) is 5.69 Å². The van der Waals surface area contributed by atoms with Crippen LogP contribution in [0.3, 0.4) is 0 Å². The van der Waals surface area contributed by atoms with Crippen LogP contribution in [-0.4, -0.2) is 5.91 Å². The summed E-state index contributed by atoms with van der Waals surface area (Å²) < 4.78 is 0. The summed E-state index contributed by atoms with van der Waals surface area (Å²) in [4.78, 5) is 14.2. The van der Waals surface area contributed by atoms with Crippen molar-refractivity contribution in [1.29, 1.82) is 0 Å². The molecule has 3 N–H and O–H groups in total. The van der Waals surface area contributed by atoms with Gasteiger partial charge < -0.3 is 11.1 Å². The van der Waals surface area contributed by atoms with E-state index in [1.807, 2.05) is 19.1 Å². The maximum Gasteiger partial charge on any atom is 0.251 e. The van der Waals surface area contributed by atoms with Gasteiger partial charge in [0.1, 0.15) is 0 Å². The summed E-state index contributed by atoms with van der Waals surface area (Å²) in [6, 6.07) is 8.91. The lowest BCUT2D eigenvalue weighted by Crippen LogP contribution is -2.22. The first-order chi connectivity index (χ1) is 8.56. The zero-order valence-electron chi connectivity index (χ0n) is 9.87. The number of nitrogens with one attached hydrogen (secondary N) is 1. The number of benzene rings is 1. The minimum atomic E-state index is -0.149. The van der Waals surface area contributed by atoms with Crippen molar-refractivity contribution in [2.45, 2.75) is 13.5 Å². The maximum absolute atomic E-state index is 11.9. The highest BCUT2D eigenvalue weighted by Gasteiger charge is 2.07. The number of aryl methyl sites for hydroxylation is 1. The van der Waals surface area contributed by atoms with Gasteiger partial charge in [0.15, 0.2) is 0 Å². The molecule has 2 rings (SSSR count). The van der Waals surface area contributed by atoms with Gasteiger partial charge in [0.25, 0.3) is 5.91 Å². The van der Waals surface area contributed by atoms with Crippen molar-refractivity contribution in [3.8, 4) is 0 Å². The average Bonchev–Trinajstić information content (AvgIpc) is 2.75. The van der Waals surface area contributed by atoms with E-state index in [1.54, 1.807) is 29.5 Å². The molecule has 0 aliphatic carbocycles. The van der Waals surface area contributed by atoms with E-state index in [0.29, 0.717) is 22.8 Å². The number of hydrogen-bond donors (Lipinski definition) is 2. The number of hydrogen-bond acceptors (Lipinski definition) is 3. The molecule has 0 fully saturated rings. The molecule has 0 aliphatic rings. The first kappa shape index (κ1) is 12.9. The van der Waals surface area contributed by atoms with Crippen LogP contribution in [0.25, 0.3) is 0 Å². The van der Waals surface area contributed by atoms with Crippen LogP contribution in [0.1, 0.15) is 20.1 Å². The van der Waals surface area contributed by atoms with Crippen LogP contribution in [0.5, 0.6) is 0 Å². The van der Waals surface area contributed by atoms with E-state index >= 15 is 0 Å². The number of carbonyl (C=O) groups is 1. The van der Waals surface area contributed by atoms with Gasteiger partial charge in [0, 0.05) is 15.3 Å². The third-order valence-electron chi connectivity index (χ3n) is 2.48. The molecule has 0 spiro atoms. The number of thiophene rings is 1. The van der Waals surface area contributed by atoms with Crippen LogP contribution >= 0.6 is 22.9 Å². The van der Waals surface area contributed by atoms with Crippen LogP contribution in [-0.2, 0) is 6.54 Å². The lowest BCUT2D eigenvalue weighted by Gasteiger charge is -2.05. The van der Waals surface area contributed by atoms with Crippen LogP contribution in [0.2, 0.25) is 5.02 Å². The van der Waals surface area contributed by atoms with E-state index in [-0.39, 0.29) is 5.91 Å². The molecule has 0 bridgehead atoms. The van der Waals surface area contributed by atoms with Gasteiger partial charge in [0.05, 0.1) is 17.3 Å². The van der Waals surface area contributed by atoms with Gasteiger partial charge in [-0.25, -0.2) is 0 Å². The maximum atomic E-state index is 11.9. The van der Waals surface area contributed by atoms with E-state index in [9.17, 15) is 4.79 Å². The average molecular weight is 281 g/mol. The zero-order valence-corrected chi connectivity index (χ0v) is 11.4. The number of carbonyl (C=O) groups excluding carboxylic acids is 1. The highest BCUT2D eigenvalue weighted by Crippen LogP contribution is 2.19. The molecule has 94 valence electrons. The van der Waals surface area contributed by atoms with Gasteiger partial charge in [-0.3, -0.25) is 4.79 Å². The summed E-state index contributed by atoms with van der Waals surface area (Å²) in [6.07, 6.45) is 0. The quantitative estimate of drug-likeness (QED) is 0.848. The first-order valence-corrected chi connectivity index (χ1v) is 6.64. The van der Waals surface area contributed by atoms with Gasteiger partial charge >= 0.3 is 0 Å². The predicted molar refractivity (Wildman–Crippen MR) is 76.1 cm³/mol. The Bertz CT molecular complexity index is 580. The number of amides is 1. The van der Waals surface area contributed by atoms with E-state index < -0.39 is 0 Å². The second-order valence-corrected chi connectivity index (χ2v) is 5.71. The lowest BCUT2D eigenvalue weighted by molar-refractivity contribution is 0.0951. The van der Waals surface area contributed by atoms with Gasteiger partial charge in [-0.1, -0.05) is 11.6 Å². The fourth-order valence-corrected chi connectivity index (χ4v) is 2.48. The standard InChI is InChI=1S/C13H13ClN2OS/c1-8-2-4-10(18-8)7-16-13(17)9-3-5-11(14)12(15)6-9/h2-6H,7,15H2,1H3,(H,16,17). The monoisotopic (exact) mass is 280 g/mol. The molecule has 0 saturated heterocycles. The van der Waals surface area contributed by atoms with Gasteiger partial charge in [-0.05, 0) is 37.3 Å². The lowest BCUT2D eigenvalue weighted by atomic mass is 10.2. The van der Waals surface area contributed by atoms with Gasteiger partial charge in [-0.2, -0.15) is 0 Å². The summed E-state index contributed by atoms with van der Waals surface area (Å²) in [6.45, 7) is 2.57. The van der Waals surface area contributed by atoms with Crippen molar-refractivity contribution in [3.05, 3.63) is 50.7 Å². The Kier molecular flexibility index (Phi) is 3.89. The minimum absolute atomic E-state index is 0.149. The summed E-state index contributed by atoms with van der Waals surface area (Å²) >= 11 is 7.48. The van der Waals surface area contributed by atoms with E-state index in [2.05, 4.69) is 5.32 Å². The summed E-state index contributed by atoms with van der Waals surface area (Å²) in [5.41, 5.74) is 6.59. The van der Waals surface area contributed by atoms with Crippen molar-refractivity contribution in [2.24, 2.45) is 0 Å². The third-order valence-corrected chi connectivity index (χ3v) is 3.82. The molecule has 3 nitrogen and oxygen atoms in total. The Morgan fingerprint density at radius 2 is 2.17 bits per heavy atom. The Morgan fingerprint density at radius 1 is 1.39 bits per heavy atom. The molecule has 5 heteroatoms. The van der Waals surface area contributed by atoms with Gasteiger partial charge in [-0.15, -0.1) is 11.3 Å². The molecule has 1 aromatic heterocycles. The second kappa shape index (κ2) is 5.42. The third kappa shape index (κ3) is 3.03. The second-order valence-electron chi connectivity index (χ2n) is 3.93. The smallest absolute Gasteiger partial charge is 0.251 e. The highest BCUT2D eigenvalue weighted by molar-refractivity contribution is 7.11. The molecule has 0 radical (unpaired) electrons. The Balaban J connectivity index is 2.01. The Labute approximate surface area is 115 Å². The molecule has 0 atom stereocenters. The summed E-state index contributed by atoms with van der Waals surface area (Å²) in [7, 11) is 0. The Morgan fingerprint density at radius 3 is 2.78 bits per heavy atom. The van der Waals surface area contributed by atoms with Crippen molar-refractivity contribution >= 4 is 34.5 Å². The van der Waals surface area contributed by atoms with Gasteiger partial charge in [0.2, 0.25) is 0 Å². The largest absolute Gasteiger partial charge is 0.398 e. The van der Waals surface area contributed by atoms with E-state index in [1.165, 1.54) is 4.88 Å². The normalized spacial score (nSPS) is 10.3. The molecule has 1 heterocycles. The first-order valence-electron chi connectivity index (χ1n) is 5.45. The fourth-order valence-electron chi connectivity index (χ4n) is 1.53. The highest BCUT2D eigenvalue weighted by atomic mass is 35.5. The van der Waals surface area contributed by atoms with Crippen molar-refractivity contribution in [2.75, 3.05) is 5.73 Å². The molecular weight excluding hydrogens is 268 g/mol. The van der Waals surface area contributed by atoms with Crippen LogP contribution in [0.15, 0.2) is 30.3 Å². The summed E-state index contributed by atoms with van der Waals surface area (Å²) in [5.74, 6) is -0.149. The molecule has 0 aliphatic heterocycles. The molecule has 0 unspecified atom stereocenters. The molecular formula is C13H13ClN2OS. The number of nitrogens with two attached hydrogens (primary N) is 1. The van der Waals surface area contributed by atoms with Crippen molar-refractivity contribution < 1.29 is 4.79 Å². The van der Waals surface area contributed by atoms with E-state index in [4.69, 9.17) is 17.3 Å². The molecule has 1 aromatic carbocycles. The number of halogens is 1. The molecule has 2 aromatic rings. The molecule has 1 amide bonds. The predicted octanol–water partition coefficient (Wildman–Crippen LogP) is 3.22. The number of anilines is 1. The minimum Gasteiger partial charge on any atom is -0.398 e. The van der Waals surface area contributed by atoms with Crippen LogP contribution in [0, 0.1) is 6.92 Å². The Hall–Kier alpha value is -1.52.